The van der Waals surface area contributed by atoms with Gasteiger partial charge in [0.25, 0.3) is 0 Å². The van der Waals surface area contributed by atoms with Crippen molar-refractivity contribution in [2.24, 2.45) is 5.11 Å². The molecule has 18 nitrogen and oxygen atoms in total. The summed E-state index contributed by atoms with van der Waals surface area (Å²) in [6.45, 7) is 7.29. The van der Waals surface area contributed by atoms with Gasteiger partial charge in [-0.05, 0) is 18.4 Å². The molecule has 2 N–H and O–H groups in total. The van der Waals surface area contributed by atoms with Gasteiger partial charge >= 0.3 is 17.9 Å². The van der Waals surface area contributed by atoms with Crippen molar-refractivity contribution in [3.63, 3.8) is 0 Å². The zero-order chi connectivity index (χ0) is 33.5. The molecule has 1 rings (SSSR count). The van der Waals surface area contributed by atoms with Crippen LogP contribution in [0.5, 0.6) is 0 Å². The van der Waals surface area contributed by atoms with Crippen LogP contribution in [0.2, 0.25) is 0 Å². The van der Waals surface area contributed by atoms with E-state index in [1.165, 1.54) is 13.8 Å². The lowest BCUT2D eigenvalue weighted by Gasteiger charge is -2.44. The van der Waals surface area contributed by atoms with E-state index in [1.807, 2.05) is 0 Å². The summed E-state index contributed by atoms with van der Waals surface area (Å²) < 4.78 is 43.6. The monoisotopic (exact) mass is 647 g/mol. The van der Waals surface area contributed by atoms with E-state index < -0.39 is 54.5 Å². The highest BCUT2D eigenvalue weighted by Gasteiger charge is 2.51. The molecule has 0 unspecified atom stereocenters. The summed E-state index contributed by atoms with van der Waals surface area (Å²) in [6.07, 6.45) is -3.47. The van der Waals surface area contributed by atoms with E-state index >= 15 is 0 Å². The minimum atomic E-state index is -1.20. The fraction of sp³-hybridized carbons (Fsp3) is 0.815. The quantitative estimate of drug-likeness (QED) is 0.0380. The maximum Gasteiger partial charge on any atom is 0.303 e. The second kappa shape index (κ2) is 23.8. The molecule has 1 heterocycles. The van der Waals surface area contributed by atoms with E-state index in [0.717, 1.165) is 13.8 Å². The van der Waals surface area contributed by atoms with Crippen LogP contribution in [0.1, 0.15) is 47.0 Å². The molecule has 0 aliphatic carbocycles. The summed E-state index contributed by atoms with van der Waals surface area (Å²) in [6, 6.07) is -1.05. The van der Waals surface area contributed by atoms with Gasteiger partial charge in [0.05, 0.1) is 39.6 Å². The zero-order valence-corrected chi connectivity index (χ0v) is 26.2. The van der Waals surface area contributed by atoms with Crippen molar-refractivity contribution >= 4 is 29.7 Å². The summed E-state index contributed by atoms with van der Waals surface area (Å²) in [7, 11) is 0. The number of esters is 3. The molecule has 1 saturated heterocycles. The molecule has 1 fully saturated rings. The van der Waals surface area contributed by atoms with Gasteiger partial charge in [-0.25, -0.2) is 0 Å². The molecule has 0 spiro atoms. The minimum absolute atomic E-state index is 0.112. The van der Waals surface area contributed by atoms with Crippen molar-refractivity contribution in [3.05, 3.63) is 10.4 Å². The van der Waals surface area contributed by atoms with Crippen molar-refractivity contribution in [1.82, 2.24) is 10.6 Å². The lowest BCUT2D eigenvalue weighted by molar-refractivity contribution is -0.277. The zero-order valence-electron chi connectivity index (χ0n) is 26.2. The summed E-state index contributed by atoms with van der Waals surface area (Å²) in [4.78, 5) is 61.9. The van der Waals surface area contributed by atoms with Gasteiger partial charge in [-0.2, -0.15) is 0 Å². The first-order valence-electron chi connectivity index (χ1n) is 14.6. The summed E-state index contributed by atoms with van der Waals surface area (Å²) >= 11 is 0. The number of hydrogen-bond donors (Lipinski definition) is 2. The highest BCUT2D eigenvalue weighted by Crippen LogP contribution is 2.28. The van der Waals surface area contributed by atoms with Gasteiger partial charge < -0.3 is 48.5 Å². The van der Waals surface area contributed by atoms with E-state index in [0.29, 0.717) is 59.0 Å². The first-order chi connectivity index (χ1) is 21.5. The Morgan fingerprint density at radius 2 is 1.42 bits per heavy atom. The number of hydrogen-bond acceptors (Lipinski definition) is 14. The van der Waals surface area contributed by atoms with Crippen molar-refractivity contribution < 1.29 is 61.9 Å². The number of rotatable bonds is 23. The predicted molar refractivity (Wildman–Crippen MR) is 153 cm³/mol. The summed E-state index contributed by atoms with van der Waals surface area (Å²) in [5.74, 6) is -2.66. The number of nitrogens with one attached hydrogen (secondary N) is 2. The normalized spacial score (nSPS) is 20.8. The fourth-order valence-corrected chi connectivity index (χ4v) is 4.06. The third kappa shape index (κ3) is 18.8. The first kappa shape index (κ1) is 39.5. The van der Waals surface area contributed by atoms with Crippen LogP contribution in [0.4, 0.5) is 0 Å². The number of carbonyl (C=O) groups is 5. The number of amides is 2. The Morgan fingerprint density at radius 3 is 2.02 bits per heavy atom. The number of ether oxygens (including phenoxy) is 8. The summed E-state index contributed by atoms with van der Waals surface area (Å²) in [5.41, 5.74) is 8.16. The standard InChI is InChI=1S/C27H45N5O13/c1-18(33)31-24-26(44-21(4)36)25(43-20(3)35)22(17-42-19(2)34)45-27(24)41-10-6-5-7-23(37)29-8-11-38-13-15-40-16-14-39-12-9-30-32-28/h22,24-27H,5-17H2,1-4H3,(H,29,37)(H,31,33)/t22-,24-,25+,26-,27-/m1/s1. The van der Waals surface area contributed by atoms with Gasteiger partial charge in [0.1, 0.15) is 18.8 Å². The smallest absolute Gasteiger partial charge is 0.303 e. The lowest BCUT2D eigenvalue weighted by atomic mass is 9.96. The Bertz CT molecular complexity index is 979. The van der Waals surface area contributed by atoms with E-state index in [-0.39, 0.29) is 32.1 Å². The third-order valence-corrected chi connectivity index (χ3v) is 5.86. The van der Waals surface area contributed by atoms with Crippen molar-refractivity contribution in [3.8, 4) is 0 Å². The van der Waals surface area contributed by atoms with E-state index in [1.54, 1.807) is 0 Å². The second-order valence-corrected chi connectivity index (χ2v) is 9.69. The highest BCUT2D eigenvalue weighted by atomic mass is 16.7. The van der Waals surface area contributed by atoms with Crippen LogP contribution < -0.4 is 10.6 Å². The van der Waals surface area contributed by atoms with Crippen molar-refractivity contribution in [2.45, 2.75) is 77.6 Å². The van der Waals surface area contributed by atoms with Gasteiger partial charge in [-0.3, -0.25) is 24.0 Å². The Balaban J connectivity index is 2.45. The van der Waals surface area contributed by atoms with Crippen molar-refractivity contribution in [2.75, 3.05) is 65.9 Å². The highest BCUT2D eigenvalue weighted by molar-refractivity contribution is 5.75. The van der Waals surface area contributed by atoms with Gasteiger partial charge in [0.2, 0.25) is 11.8 Å². The molecule has 0 aromatic heterocycles. The Labute approximate surface area is 261 Å². The third-order valence-electron chi connectivity index (χ3n) is 5.86. The molecular formula is C27H45N5O13. The van der Waals surface area contributed by atoms with Crippen LogP contribution in [-0.4, -0.2) is 126 Å². The molecule has 45 heavy (non-hydrogen) atoms. The number of carbonyl (C=O) groups excluding carboxylic acids is 5. The van der Waals surface area contributed by atoms with Crippen LogP contribution in [-0.2, 0) is 61.9 Å². The molecule has 1 aliphatic heterocycles. The van der Waals surface area contributed by atoms with E-state index in [9.17, 15) is 24.0 Å². The van der Waals surface area contributed by atoms with Crippen LogP contribution in [0.25, 0.3) is 10.4 Å². The fourth-order valence-electron chi connectivity index (χ4n) is 4.06. The largest absolute Gasteiger partial charge is 0.463 e. The Morgan fingerprint density at radius 1 is 0.800 bits per heavy atom. The van der Waals surface area contributed by atoms with Crippen LogP contribution in [0.3, 0.4) is 0 Å². The number of azide groups is 1. The predicted octanol–water partition coefficient (Wildman–Crippen LogP) is 0.306. The van der Waals surface area contributed by atoms with E-state index in [2.05, 4.69) is 20.7 Å². The minimum Gasteiger partial charge on any atom is -0.463 e. The van der Waals surface area contributed by atoms with Gasteiger partial charge in [-0.15, -0.1) is 0 Å². The first-order valence-corrected chi connectivity index (χ1v) is 14.6. The van der Waals surface area contributed by atoms with Gasteiger partial charge in [0, 0.05) is 58.7 Å². The van der Waals surface area contributed by atoms with Crippen LogP contribution >= 0.6 is 0 Å². The average molecular weight is 648 g/mol. The van der Waals surface area contributed by atoms with Crippen molar-refractivity contribution in [1.29, 1.82) is 0 Å². The SMILES string of the molecule is CC(=O)N[C@H]1[C@H](OCCCCC(=O)NCCOCCOCCOCCN=[N+]=[N-])O[C@H](COC(C)=O)[C@H](OC(C)=O)[C@@H]1OC(C)=O. The average Bonchev–Trinajstić information content (AvgIpc) is 2.96. The molecule has 1 aliphatic rings. The lowest BCUT2D eigenvalue weighted by Crippen LogP contribution is -2.66. The molecule has 0 bridgehead atoms. The summed E-state index contributed by atoms with van der Waals surface area (Å²) in [5, 5.41) is 8.73. The molecule has 2 amide bonds. The maximum absolute atomic E-state index is 12.1. The molecule has 256 valence electrons. The number of nitrogens with zero attached hydrogens (tertiary/aromatic N) is 3. The molecule has 0 aromatic carbocycles. The molecular weight excluding hydrogens is 602 g/mol. The topological polar surface area (TPSA) is 232 Å². The van der Waals surface area contributed by atoms with Crippen LogP contribution in [0.15, 0.2) is 5.11 Å². The maximum atomic E-state index is 12.1. The Kier molecular flexibility index (Phi) is 20.9. The molecule has 5 atom stereocenters. The second-order valence-electron chi connectivity index (χ2n) is 9.69. The molecule has 0 radical (unpaired) electrons. The van der Waals surface area contributed by atoms with Gasteiger partial charge in [-0.1, -0.05) is 5.11 Å². The van der Waals surface area contributed by atoms with Crippen LogP contribution in [0, 0.1) is 0 Å². The number of unbranched alkanes of at least 4 members (excludes halogenated alkanes) is 1. The molecule has 18 heteroatoms. The Hall–Kier alpha value is -3.54. The van der Waals surface area contributed by atoms with Gasteiger partial charge in [0.15, 0.2) is 18.5 Å². The van der Waals surface area contributed by atoms with E-state index in [4.69, 9.17) is 43.4 Å². The molecule has 0 saturated carbocycles. The molecule has 0 aromatic rings.